The molecule has 1 fully saturated rings. The summed E-state index contributed by atoms with van der Waals surface area (Å²) in [5.41, 5.74) is 3.00. The van der Waals surface area contributed by atoms with Crippen molar-refractivity contribution >= 4 is 17.5 Å². The molecule has 1 aliphatic rings. The Bertz CT molecular complexity index is 499. The van der Waals surface area contributed by atoms with Crippen LogP contribution in [0.25, 0.3) is 0 Å². The fourth-order valence-corrected chi connectivity index (χ4v) is 3.86. The molecule has 2 rings (SSSR count). The highest BCUT2D eigenvalue weighted by Crippen LogP contribution is 2.37. The number of thioether (sulfide) groups is 1. The van der Waals surface area contributed by atoms with Gasteiger partial charge in [0.15, 0.2) is 0 Å². The fourth-order valence-electron chi connectivity index (χ4n) is 2.61. The minimum absolute atomic E-state index is 0.135. The van der Waals surface area contributed by atoms with Gasteiger partial charge in [0.1, 0.15) is 5.78 Å². The minimum Gasteiger partial charge on any atom is -0.298 e. The molecule has 0 aliphatic heterocycles. The first kappa shape index (κ1) is 16.6. The highest BCUT2D eigenvalue weighted by atomic mass is 32.2. The van der Waals surface area contributed by atoms with E-state index < -0.39 is 0 Å². The van der Waals surface area contributed by atoms with E-state index in [1.807, 2.05) is 0 Å². The normalized spacial score (nSPS) is 20.1. The first-order valence-electron chi connectivity index (χ1n) is 7.93. The molecule has 0 saturated heterocycles. The van der Waals surface area contributed by atoms with Gasteiger partial charge in [-0.3, -0.25) is 4.79 Å². The summed E-state index contributed by atoms with van der Waals surface area (Å²) >= 11 is 1.77. The molecule has 0 radical (unpaired) electrons. The summed E-state index contributed by atoms with van der Waals surface area (Å²) in [5, 5.41) is 0.174. The van der Waals surface area contributed by atoms with Crippen LogP contribution in [0.2, 0.25) is 0 Å². The molecule has 1 aromatic rings. The number of carbonyl (C=O) groups excluding carboxylic acids is 1. The van der Waals surface area contributed by atoms with E-state index in [2.05, 4.69) is 59.7 Å². The Morgan fingerprint density at radius 2 is 1.48 bits per heavy atom. The zero-order chi connectivity index (χ0) is 15.8. The van der Waals surface area contributed by atoms with Crippen LogP contribution in [0.15, 0.2) is 23.1 Å². The number of hydrogen-bond acceptors (Lipinski definition) is 2. The lowest BCUT2D eigenvalue weighted by Gasteiger charge is -2.26. The number of Topliss-reactive ketones (excluding diaryl/α,β-unsaturated/α-hetero) is 1. The third-order valence-electron chi connectivity index (χ3n) is 4.17. The molecule has 1 nitrogen and oxygen atoms in total. The molecule has 1 aromatic carbocycles. The van der Waals surface area contributed by atoms with Gasteiger partial charge < -0.3 is 0 Å². The lowest BCUT2D eigenvalue weighted by atomic mass is 9.81. The van der Waals surface area contributed by atoms with Crippen LogP contribution in [-0.2, 0) is 15.6 Å². The second kappa shape index (κ2) is 5.79. The van der Waals surface area contributed by atoms with Gasteiger partial charge in [0, 0.05) is 11.3 Å². The smallest absolute Gasteiger partial charge is 0.146 e. The van der Waals surface area contributed by atoms with Crippen LogP contribution in [0.1, 0.15) is 71.9 Å². The van der Waals surface area contributed by atoms with E-state index >= 15 is 0 Å². The van der Waals surface area contributed by atoms with Crippen LogP contribution in [-0.4, -0.2) is 11.0 Å². The van der Waals surface area contributed by atoms with Crippen molar-refractivity contribution < 1.29 is 4.79 Å². The first-order chi connectivity index (χ1) is 9.57. The Hall–Kier alpha value is -0.760. The topological polar surface area (TPSA) is 17.1 Å². The zero-order valence-corrected chi connectivity index (χ0v) is 15.1. The first-order valence-corrected chi connectivity index (χ1v) is 8.81. The number of benzene rings is 1. The predicted molar refractivity (Wildman–Crippen MR) is 92.3 cm³/mol. The van der Waals surface area contributed by atoms with Gasteiger partial charge >= 0.3 is 0 Å². The summed E-state index contributed by atoms with van der Waals surface area (Å²) in [5.74, 6) is 0.429. The number of rotatable bonds is 2. The quantitative estimate of drug-likeness (QED) is 0.718. The molecule has 1 atom stereocenters. The van der Waals surface area contributed by atoms with E-state index in [-0.39, 0.29) is 16.1 Å². The molecular formula is C19H28OS. The SMILES string of the molecule is CC(C)(C)c1cc(SC2CCCC2=O)cc(C(C)(C)C)c1. The summed E-state index contributed by atoms with van der Waals surface area (Å²) < 4.78 is 0. The van der Waals surface area contributed by atoms with Gasteiger partial charge in [0.25, 0.3) is 0 Å². The molecule has 0 bridgehead atoms. The maximum atomic E-state index is 11.9. The van der Waals surface area contributed by atoms with Gasteiger partial charge in [-0.05, 0) is 46.9 Å². The van der Waals surface area contributed by atoms with Gasteiger partial charge in [-0.25, -0.2) is 0 Å². The average molecular weight is 304 g/mol. The van der Waals surface area contributed by atoms with Gasteiger partial charge in [-0.2, -0.15) is 0 Å². The predicted octanol–water partition coefficient (Wildman–Crippen LogP) is 5.50. The van der Waals surface area contributed by atoms with E-state index in [1.165, 1.54) is 16.0 Å². The van der Waals surface area contributed by atoms with Crippen molar-refractivity contribution in [3.05, 3.63) is 29.3 Å². The third kappa shape index (κ3) is 4.12. The van der Waals surface area contributed by atoms with Crippen molar-refractivity contribution in [3.63, 3.8) is 0 Å². The van der Waals surface area contributed by atoms with Crippen LogP contribution < -0.4 is 0 Å². The minimum atomic E-state index is 0.135. The van der Waals surface area contributed by atoms with Crippen molar-refractivity contribution in [2.24, 2.45) is 0 Å². The molecule has 1 unspecified atom stereocenters. The summed E-state index contributed by atoms with van der Waals surface area (Å²) in [7, 11) is 0. The molecule has 116 valence electrons. The summed E-state index contributed by atoms with van der Waals surface area (Å²) in [6.07, 6.45) is 2.86. The molecule has 0 N–H and O–H groups in total. The van der Waals surface area contributed by atoms with Gasteiger partial charge in [-0.15, -0.1) is 11.8 Å². The largest absolute Gasteiger partial charge is 0.298 e. The fraction of sp³-hybridized carbons (Fsp3) is 0.632. The van der Waals surface area contributed by atoms with Crippen molar-refractivity contribution in [2.75, 3.05) is 0 Å². The van der Waals surface area contributed by atoms with Crippen molar-refractivity contribution in [3.8, 4) is 0 Å². The lowest BCUT2D eigenvalue weighted by molar-refractivity contribution is -0.116. The summed E-state index contributed by atoms with van der Waals surface area (Å²) in [4.78, 5) is 13.2. The van der Waals surface area contributed by atoms with Crippen LogP contribution in [0, 0.1) is 0 Å². The number of hydrogen-bond donors (Lipinski definition) is 0. The van der Waals surface area contributed by atoms with Crippen molar-refractivity contribution in [2.45, 2.75) is 81.8 Å². The zero-order valence-electron chi connectivity index (χ0n) is 14.2. The molecule has 1 aliphatic carbocycles. The van der Waals surface area contributed by atoms with Crippen LogP contribution in [0.5, 0.6) is 0 Å². The van der Waals surface area contributed by atoms with Crippen molar-refractivity contribution in [1.82, 2.24) is 0 Å². The highest BCUT2D eigenvalue weighted by molar-refractivity contribution is 8.00. The molecule has 1 saturated carbocycles. The maximum Gasteiger partial charge on any atom is 0.146 e. The number of ketones is 1. The molecule has 21 heavy (non-hydrogen) atoms. The molecule has 0 heterocycles. The Labute approximate surface area is 133 Å². The van der Waals surface area contributed by atoms with E-state index in [0.717, 1.165) is 19.3 Å². The second-order valence-electron chi connectivity index (χ2n) is 8.21. The van der Waals surface area contributed by atoms with E-state index in [0.29, 0.717) is 5.78 Å². The molecular weight excluding hydrogens is 276 g/mol. The summed E-state index contributed by atoms with van der Waals surface area (Å²) in [6.45, 7) is 13.5. The average Bonchev–Trinajstić information content (AvgIpc) is 2.72. The van der Waals surface area contributed by atoms with E-state index in [9.17, 15) is 4.79 Å². The van der Waals surface area contributed by atoms with Gasteiger partial charge in [-0.1, -0.05) is 47.6 Å². The second-order valence-corrected chi connectivity index (χ2v) is 9.49. The molecule has 0 spiro atoms. The van der Waals surface area contributed by atoms with Crippen LogP contribution >= 0.6 is 11.8 Å². The van der Waals surface area contributed by atoms with E-state index in [1.54, 1.807) is 11.8 Å². The maximum absolute atomic E-state index is 11.9. The van der Waals surface area contributed by atoms with Gasteiger partial charge in [0.05, 0.1) is 5.25 Å². The lowest BCUT2D eigenvalue weighted by Crippen LogP contribution is -2.17. The monoisotopic (exact) mass is 304 g/mol. The van der Waals surface area contributed by atoms with Gasteiger partial charge in [0.2, 0.25) is 0 Å². The molecule has 2 heteroatoms. The Balaban J connectivity index is 2.38. The standard InChI is InChI=1S/C19H28OS/c1-18(2,3)13-10-14(19(4,5)6)12-15(11-13)21-17-9-7-8-16(17)20/h10-12,17H,7-9H2,1-6H3. The highest BCUT2D eigenvalue weighted by Gasteiger charge is 2.27. The Morgan fingerprint density at radius 1 is 0.952 bits per heavy atom. The Morgan fingerprint density at radius 3 is 1.86 bits per heavy atom. The third-order valence-corrected chi connectivity index (χ3v) is 5.46. The van der Waals surface area contributed by atoms with E-state index in [4.69, 9.17) is 0 Å². The van der Waals surface area contributed by atoms with Crippen molar-refractivity contribution in [1.29, 1.82) is 0 Å². The number of carbonyl (C=O) groups is 1. The molecule has 0 aromatic heterocycles. The van der Waals surface area contributed by atoms with Crippen LogP contribution in [0.4, 0.5) is 0 Å². The summed E-state index contributed by atoms with van der Waals surface area (Å²) in [6, 6.07) is 6.90. The Kier molecular flexibility index (Phi) is 4.58. The van der Waals surface area contributed by atoms with Crippen LogP contribution in [0.3, 0.4) is 0 Å². The molecule has 0 amide bonds.